The van der Waals surface area contributed by atoms with Crippen molar-refractivity contribution in [3.8, 4) is 0 Å². The van der Waals surface area contributed by atoms with E-state index in [9.17, 15) is 0 Å². The highest BCUT2D eigenvalue weighted by atomic mass is 32.2. The fourth-order valence-corrected chi connectivity index (χ4v) is 5.12. The number of nitrogens with zero attached hydrogens (tertiary/aromatic N) is 2. The Balaban J connectivity index is 2.84. The average Bonchev–Trinajstić information content (AvgIpc) is 2.59. The van der Waals surface area contributed by atoms with E-state index in [1.807, 2.05) is 23.9 Å². The third-order valence-electron chi connectivity index (χ3n) is 4.60. The molecule has 3 atom stereocenters. The van der Waals surface area contributed by atoms with E-state index in [0.717, 1.165) is 12.0 Å². The van der Waals surface area contributed by atoms with Gasteiger partial charge in [-0.3, -0.25) is 0 Å². The van der Waals surface area contributed by atoms with Crippen molar-refractivity contribution in [2.45, 2.75) is 77.9 Å². The lowest BCUT2D eigenvalue weighted by molar-refractivity contribution is 0.171. The van der Waals surface area contributed by atoms with Gasteiger partial charge in [0.05, 0.1) is 6.17 Å². The van der Waals surface area contributed by atoms with Crippen LogP contribution in [0, 0.1) is 5.92 Å². The fourth-order valence-electron chi connectivity index (χ4n) is 3.40. The van der Waals surface area contributed by atoms with Gasteiger partial charge in [0.25, 0.3) is 0 Å². The third kappa shape index (κ3) is 5.11. The summed E-state index contributed by atoms with van der Waals surface area (Å²) in [6.45, 7) is 8.27. The molecule has 3 unspecified atom stereocenters. The molecule has 0 saturated carbocycles. The zero-order valence-electron chi connectivity index (χ0n) is 14.1. The molecule has 1 heterocycles. The lowest BCUT2D eigenvalue weighted by atomic mass is 9.88. The van der Waals surface area contributed by atoms with Gasteiger partial charge in [0, 0.05) is 12.6 Å². The van der Waals surface area contributed by atoms with E-state index in [2.05, 4.69) is 41.9 Å². The second-order valence-electron chi connectivity index (χ2n) is 5.90. The van der Waals surface area contributed by atoms with Crippen molar-refractivity contribution in [2.24, 2.45) is 5.92 Å². The van der Waals surface area contributed by atoms with Crippen LogP contribution in [0.4, 0.5) is 0 Å². The Labute approximate surface area is 135 Å². The fraction of sp³-hybridized carbons (Fsp3) is 1.00. The highest BCUT2D eigenvalue weighted by Gasteiger charge is 2.35. The average molecular weight is 319 g/mol. The van der Waals surface area contributed by atoms with Gasteiger partial charge in [-0.1, -0.05) is 63.4 Å². The Morgan fingerprint density at radius 2 is 1.65 bits per heavy atom. The Morgan fingerprint density at radius 1 is 1.00 bits per heavy atom. The van der Waals surface area contributed by atoms with Crippen LogP contribution >= 0.6 is 23.9 Å². The minimum absolute atomic E-state index is 0.550. The second kappa shape index (κ2) is 10.4. The van der Waals surface area contributed by atoms with Crippen molar-refractivity contribution < 1.29 is 0 Å². The van der Waals surface area contributed by atoms with Crippen molar-refractivity contribution >= 4 is 23.9 Å². The molecule has 1 rings (SSSR count). The maximum atomic E-state index is 2.69. The first kappa shape index (κ1) is 18.7. The van der Waals surface area contributed by atoms with Crippen LogP contribution in [0.1, 0.15) is 65.7 Å². The predicted octanol–water partition coefficient (Wildman–Crippen LogP) is 5.26. The van der Waals surface area contributed by atoms with Gasteiger partial charge in [-0.25, -0.2) is 8.61 Å². The first-order chi connectivity index (χ1) is 9.69. The topological polar surface area (TPSA) is 6.48 Å². The summed E-state index contributed by atoms with van der Waals surface area (Å²) in [4.78, 5) is 0. The Morgan fingerprint density at radius 3 is 2.20 bits per heavy atom. The molecule has 0 radical (unpaired) electrons. The molecule has 0 bridgehead atoms. The van der Waals surface area contributed by atoms with Crippen molar-refractivity contribution in [2.75, 3.05) is 19.1 Å². The van der Waals surface area contributed by atoms with Gasteiger partial charge in [0.15, 0.2) is 0 Å². The quantitative estimate of drug-likeness (QED) is 0.563. The minimum atomic E-state index is 0.550. The second-order valence-corrected chi connectivity index (χ2v) is 7.52. The summed E-state index contributed by atoms with van der Waals surface area (Å²) in [5.41, 5.74) is 0. The molecule has 4 heteroatoms. The van der Waals surface area contributed by atoms with E-state index in [0.29, 0.717) is 6.17 Å². The van der Waals surface area contributed by atoms with Crippen LogP contribution in [-0.4, -0.2) is 39.9 Å². The molecular weight excluding hydrogens is 284 g/mol. The van der Waals surface area contributed by atoms with Crippen LogP contribution in [0.5, 0.6) is 0 Å². The lowest BCUT2D eigenvalue weighted by Crippen LogP contribution is -2.44. The summed E-state index contributed by atoms with van der Waals surface area (Å²) < 4.78 is 5.26. The van der Waals surface area contributed by atoms with Crippen LogP contribution in [0.3, 0.4) is 0 Å². The lowest BCUT2D eigenvalue weighted by Gasteiger charge is -2.38. The summed E-state index contributed by atoms with van der Waals surface area (Å²) in [5, 5.41) is 0. The maximum absolute atomic E-state index is 2.69. The molecule has 120 valence electrons. The predicted molar refractivity (Wildman–Crippen MR) is 96.0 cm³/mol. The molecule has 0 amide bonds. The largest absolute Gasteiger partial charge is 0.233 e. The molecule has 0 spiro atoms. The first-order valence-electron chi connectivity index (χ1n) is 8.32. The van der Waals surface area contributed by atoms with Crippen LogP contribution in [-0.2, 0) is 0 Å². The van der Waals surface area contributed by atoms with Gasteiger partial charge in [-0.2, -0.15) is 0 Å². The van der Waals surface area contributed by atoms with Gasteiger partial charge >= 0.3 is 0 Å². The van der Waals surface area contributed by atoms with E-state index >= 15 is 0 Å². The van der Waals surface area contributed by atoms with Gasteiger partial charge in [0.1, 0.15) is 0 Å². The molecule has 1 aliphatic heterocycles. The number of unbranched alkanes of at least 4 members (excludes halogenated alkanes) is 2. The van der Waals surface area contributed by atoms with Gasteiger partial charge in [-0.15, -0.1) is 0 Å². The summed E-state index contributed by atoms with van der Waals surface area (Å²) in [6.07, 6.45) is 14.6. The van der Waals surface area contributed by atoms with Crippen LogP contribution in [0.15, 0.2) is 0 Å². The van der Waals surface area contributed by atoms with Crippen molar-refractivity contribution in [1.82, 2.24) is 8.61 Å². The minimum Gasteiger partial charge on any atom is -0.233 e. The number of hydrogen-bond acceptors (Lipinski definition) is 4. The smallest absolute Gasteiger partial charge is 0.0791 e. The van der Waals surface area contributed by atoms with Crippen molar-refractivity contribution in [3.63, 3.8) is 0 Å². The van der Waals surface area contributed by atoms with Gasteiger partial charge in [-0.05, 0) is 44.6 Å². The van der Waals surface area contributed by atoms with E-state index in [4.69, 9.17) is 0 Å². The molecular formula is C16H34N2S2. The zero-order valence-corrected chi connectivity index (χ0v) is 15.7. The summed E-state index contributed by atoms with van der Waals surface area (Å²) in [6, 6.07) is 0.767. The molecule has 1 saturated heterocycles. The first-order valence-corrected chi connectivity index (χ1v) is 10.7. The molecule has 0 aliphatic carbocycles. The Kier molecular flexibility index (Phi) is 9.67. The van der Waals surface area contributed by atoms with Crippen LogP contribution in [0.25, 0.3) is 0 Å². The molecule has 1 aliphatic rings. The maximum Gasteiger partial charge on any atom is 0.0791 e. The molecule has 0 N–H and O–H groups in total. The standard InChI is InChI=1S/C16H34N2S2/c1-6-8-10-15-12-13-17(19-4)14(3)18(20-5)16(15)11-9-7-2/h14-16H,6-13H2,1-5H3. The van der Waals surface area contributed by atoms with Crippen molar-refractivity contribution in [3.05, 3.63) is 0 Å². The monoisotopic (exact) mass is 318 g/mol. The molecule has 0 aromatic rings. The number of hydrogen-bond donors (Lipinski definition) is 0. The molecule has 0 aromatic carbocycles. The zero-order chi connectivity index (χ0) is 15.0. The molecule has 0 aromatic heterocycles. The van der Waals surface area contributed by atoms with E-state index in [1.54, 1.807) is 0 Å². The molecule has 1 fully saturated rings. The Bertz CT molecular complexity index is 251. The van der Waals surface area contributed by atoms with E-state index in [1.165, 1.54) is 51.5 Å². The van der Waals surface area contributed by atoms with E-state index in [-0.39, 0.29) is 0 Å². The van der Waals surface area contributed by atoms with E-state index < -0.39 is 0 Å². The summed E-state index contributed by atoms with van der Waals surface area (Å²) in [7, 11) is 0. The van der Waals surface area contributed by atoms with Crippen LogP contribution in [0.2, 0.25) is 0 Å². The Hall–Kier alpha value is 0.620. The van der Waals surface area contributed by atoms with Crippen molar-refractivity contribution in [1.29, 1.82) is 0 Å². The summed E-state index contributed by atoms with van der Waals surface area (Å²) >= 11 is 3.88. The highest BCUT2D eigenvalue weighted by molar-refractivity contribution is 7.97. The molecule has 2 nitrogen and oxygen atoms in total. The van der Waals surface area contributed by atoms with Gasteiger partial charge < -0.3 is 0 Å². The third-order valence-corrected chi connectivity index (χ3v) is 6.56. The normalized spacial score (nSPS) is 29.6. The van der Waals surface area contributed by atoms with Gasteiger partial charge in [0.2, 0.25) is 0 Å². The SMILES string of the molecule is CCCCC1CCN(SC)C(C)N(SC)C1CCCC. The summed E-state index contributed by atoms with van der Waals surface area (Å²) in [5.74, 6) is 0.883. The van der Waals surface area contributed by atoms with Crippen LogP contribution < -0.4 is 0 Å². The molecule has 20 heavy (non-hydrogen) atoms. The highest BCUT2D eigenvalue weighted by Crippen LogP contribution is 2.36. The number of rotatable bonds is 8.